The standard InChI is InChI=1S/C16H26N2O2/c1-3-18(2)13-9-8-11-15(19)10-6-4-5-7-12-16(20)14-17/h8,11H,3-7,9-10,12-13H2,1-2H3/b11-8+. The van der Waals surface area contributed by atoms with Crippen LogP contribution in [0.1, 0.15) is 51.9 Å². The molecule has 0 aromatic heterocycles. The lowest BCUT2D eigenvalue weighted by Gasteiger charge is -2.10. The number of nitriles is 1. The highest BCUT2D eigenvalue weighted by molar-refractivity contribution is 5.93. The molecule has 0 saturated carbocycles. The van der Waals surface area contributed by atoms with Crippen molar-refractivity contribution in [2.24, 2.45) is 0 Å². The predicted octanol–water partition coefficient (Wildman–Crippen LogP) is 2.89. The van der Waals surface area contributed by atoms with Crippen molar-refractivity contribution in [1.29, 1.82) is 5.26 Å². The zero-order valence-electron chi connectivity index (χ0n) is 12.7. The van der Waals surface area contributed by atoms with Crippen molar-refractivity contribution >= 4 is 11.6 Å². The molecule has 4 nitrogen and oxygen atoms in total. The molecule has 0 bridgehead atoms. The van der Waals surface area contributed by atoms with Gasteiger partial charge >= 0.3 is 0 Å². The van der Waals surface area contributed by atoms with Gasteiger partial charge in [-0.05, 0) is 38.9 Å². The molecule has 112 valence electrons. The fourth-order valence-corrected chi connectivity index (χ4v) is 1.75. The van der Waals surface area contributed by atoms with Crippen molar-refractivity contribution in [3.05, 3.63) is 12.2 Å². The fourth-order valence-electron chi connectivity index (χ4n) is 1.75. The van der Waals surface area contributed by atoms with Crippen LogP contribution in [0, 0.1) is 11.3 Å². The summed E-state index contributed by atoms with van der Waals surface area (Å²) in [5.74, 6) is -0.168. The summed E-state index contributed by atoms with van der Waals surface area (Å²) in [7, 11) is 2.06. The van der Waals surface area contributed by atoms with Crippen LogP contribution in [0.4, 0.5) is 0 Å². The molecule has 0 aliphatic rings. The van der Waals surface area contributed by atoms with Crippen LogP contribution in [-0.2, 0) is 9.59 Å². The quantitative estimate of drug-likeness (QED) is 0.313. The molecular weight excluding hydrogens is 252 g/mol. The smallest absolute Gasteiger partial charge is 0.231 e. The van der Waals surface area contributed by atoms with Gasteiger partial charge in [0.15, 0.2) is 5.78 Å². The summed E-state index contributed by atoms with van der Waals surface area (Å²) in [5, 5.41) is 8.31. The average Bonchev–Trinajstić information content (AvgIpc) is 2.46. The van der Waals surface area contributed by atoms with E-state index in [0.717, 1.165) is 45.2 Å². The van der Waals surface area contributed by atoms with Crippen molar-refractivity contribution < 1.29 is 9.59 Å². The zero-order valence-corrected chi connectivity index (χ0v) is 12.7. The molecule has 4 heteroatoms. The van der Waals surface area contributed by atoms with Gasteiger partial charge in [0, 0.05) is 19.4 Å². The Kier molecular flexibility index (Phi) is 11.6. The zero-order chi connectivity index (χ0) is 15.2. The molecule has 0 atom stereocenters. The Labute approximate surface area is 122 Å². The topological polar surface area (TPSA) is 61.2 Å². The van der Waals surface area contributed by atoms with Crippen LogP contribution >= 0.6 is 0 Å². The monoisotopic (exact) mass is 278 g/mol. The molecule has 0 amide bonds. The number of hydrogen-bond donors (Lipinski definition) is 0. The van der Waals surface area contributed by atoms with Gasteiger partial charge in [-0.3, -0.25) is 9.59 Å². The summed E-state index contributed by atoms with van der Waals surface area (Å²) in [6.07, 6.45) is 8.91. The lowest BCUT2D eigenvalue weighted by atomic mass is 10.1. The summed E-state index contributed by atoms with van der Waals surface area (Å²) >= 11 is 0. The van der Waals surface area contributed by atoms with Gasteiger partial charge in [-0.15, -0.1) is 0 Å². The third-order valence-corrected chi connectivity index (χ3v) is 3.22. The molecule has 0 spiro atoms. The lowest BCUT2D eigenvalue weighted by molar-refractivity contribution is -0.115. The third kappa shape index (κ3) is 11.6. The highest BCUT2D eigenvalue weighted by Crippen LogP contribution is 2.06. The Bertz CT molecular complexity index is 356. The van der Waals surface area contributed by atoms with E-state index in [1.54, 1.807) is 12.1 Å². The molecule has 0 heterocycles. The first kappa shape index (κ1) is 18.5. The first-order valence-electron chi connectivity index (χ1n) is 7.41. The SMILES string of the molecule is CCN(C)CC/C=C/C(=O)CCCCCCC(=O)C#N. The molecule has 20 heavy (non-hydrogen) atoms. The highest BCUT2D eigenvalue weighted by atomic mass is 16.1. The average molecular weight is 278 g/mol. The lowest BCUT2D eigenvalue weighted by Crippen LogP contribution is -2.18. The van der Waals surface area contributed by atoms with Crippen LogP contribution in [0.5, 0.6) is 0 Å². The normalized spacial score (nSPS) is 10.9. The van der Waals surface area contributed by atoms with Crippen molar-refractivity contribution in [2.45, 2.75) is 51.9 Å². The second-order valence-corrected chi connectivity index (χ2v) is 5.00. The molecule has 0 unspecified atom stereocenters. The van der Waals surface area contributed by atoms with Gasteiger partial charge in [0.25, 0.3) is 0 Å². The minimum absolute atomic E-state index is 0.178. The van der Waals surface area contributed by atoms with Crippen LogP contribution in [0.25, 0.3) is 0 Å². The first-order valence-corrected chi connectivity index (χ1v) is 7.41. The number of hydrogen-bond acceptors (Lipinski definition) is 4. The molecule has 0 aliphatic carbocycles. The van der Waals surface area contributed by atoms with Gasteiger partial charge in [-0.25, -0.2) is 0 Å². The van der Waals surface area contributed by atoms with Crippen LogP contribution in [0.15, 0.2) is 12.2 Å². The Morgan fingerprint density at radius 2 is 1.80 bits per heavy atom. The van der Waals surface area contributed by atoms with E-state index < -0.39 is 0 Å². The number of carbonyl (C=O) groups excluding carboxylic acids is 2. The first-order chi connectivity index (χ1) is 9.60. The number of carbonyl (C=O) groups is 2. The van der Waals surface area contributed by atoms with Gasteiger partial charge < -0.3 is 4.90 Å². The molecule has 0 aromatic rings. The number of rotatable bonds is 12. The molecule has 0 aliphatic heterocycles. The highest BCUT2D eigenvalue weighted by Gasteiger charge is 2.00. The van der Waals surface area contributed by atoms with Crippen LogP contribution in [0.2, 0.25) is 0 Å². The van der Waals surface area contributed by atoms with Gasteiger partial charge in [0.2, 0.25) is 5.78 Å². The minimum atomic E-state index is -0.346. The maximum atomic E-state index is 11.5. The van der Waals surface area contributed by atoms with Gasteiger partial charge in [0.1, 0.15) is 6.07 Å². The maximum Gasteiger partial charge on any atom is 0.231 e. The van der Waals surface area contributed by atoms with Crippen molar-refractivity contribution in [3.8, 4) is 6.07 Å². The Morgan fingerprint density at radius 1 is 1.15 bits per heavy atom. The number of unbranched alkanes of at least 4 members (excludes halogenated alkanes) is 3. The van der Waals surface area contributed by atoms with Gasteiger partial charge in [-0.2, -0.15) is 5.26 Å². The maximum absolute atomic E-state index is 11.5. The largest absolute Gasteiger partial charge is 0.306 e. The van der Waals surface area contributed by atoms with E-state index in [2.05, 4.69) is 18.9 Å². The second kappa shape index (κ2) is 12.6. The summed E-state index contributed by atoms with van der Waals surface area (Å²) in [5.41, 5.74) is 0. The van der Waals surface area contributed by atoms with E-state index in [1.807, 2.05) is 6.08 Å². The van der Waals surface area contributed by atoms with E-state index in [4.69, 9.17) is 5.26 Å². The van der Waals surface area contributed by atoms with Gasteiger partial charge in [0.05, 0.1) is 0 Å². The van der Waals surface area contributed by atoms with Crippen LogP contribution in [-0.4, -0.2) is 36.6 Å². The summed E-state index contributed by atoms with van der Waals surface area (Å²) in [6.45, 7) is 4.11. The van der Waals surface area contributed by atoms with E-state index in [0.29, 0.717) is 12.8 Å². The molecule has 0 N–H and O–H groups in total. The Balaban J connectivity index is 3.47. The van der Waals surface area contributed by atoms with Crippen molar-refractivity contribution in [2.75, 3.05) is 20.1 Å². The van der Waals surface area contributed by atoms with E-state index in [9.17, 15) is 9.59 Å². The Morgan fingerprint density at radius 3 is 2.40 bits per heavy atom. The second-order valence-electron chi connectivity index (χ2n) is 5.00. The molecule has 0 rings (SSSR count). The molecular formula is C16H26N2O2. The number of ketones is 2. The summed E-state index contributed by atoms with van der Waals surface area (Å²) in [6, 6.07) is 1.61. The van der Waals surface area contributed by atoms with Crippen molar-refractivity contribution in [3.63, 3.8) is 0 Å². The number of Topliss-reactive ketones (excluding diaryl/α,β-unsaturated/α-hetero) is 1. The Hall–Kier alpha value is -1.47. The minimum Gasteiger partial charge on any atom is -0.306 e. The molecule has 0 aromatic carbocycles. The van der Waals surface area contributed by atoms with Crippen LogP contribution < -0.4 is 0 Å². The summed E-state index contributed by atoms with van der Waals surface area (Å²) in [4.78, 5) is 24.5. The molecule has 0 saturated heterocycles. The van der Waals surface area contributed by atoms with E-state index >= 15 is 0 Å². The van der Waals surface area contributed by atoms with E-state index in [-0.39, 0.29) is 11.6 Å². The fraction of sp³-hybridized carbons (Fsp3) is 0.688. The summed E-state index contributed by atoms with van der Waals surface area (Å²) < 4.78 is 0. The van der Waals surface area contributed by atoms with Gasteiger partial charge in [-0.1, -0.05) is 25.8 Å². The molecule has 0 fully saturated rings. The van der Waals surface area contributed by atoms with E-state index in [1.165, 1.54) is 0 Å². The van der Waals surface area contributed by atoms with Crippen LogP contribution in [0.3, 0.4) is 0 Å². The molecule has 0 radical (unpaired) electrons. The number of nitrogens with zero attached hydrogens (tertiary/aromatic N) is 2. The third-order valence-electron chi connectivity index (χ3n) is 3.22. The van der Waals surface area contributed by atoms with Crippen molar-refractivity contribution in [1.82, 2.24) is 4.90 Å². The number of allylic oxidation sites excluding steroid dienone is 1. The predicted molar refractivity (Wildman–Crippen MR) is 80.3 cm³/mol.